The predicted molar refractivity (Wildman–Crippen MR) is 80.7 cm³/mol. The van der Waals surface area contributed by atoms with Gasteiger partial charge in [0.2, 0.25) is 0 Å². The van der Waals surface area contributed by atoms with E-state index in [-0.39, 0.29) is 0 Å². The first-order chi connectivity index (χ1) is 9.83. The van der Waals surface area contributed by atoms with E-state index in [1.807, 2.05) is 0 Å². The molecule has 0 amide bonds. The van der Waals surface area contributed by atoms with Crippen LogP contribution in [-0.4, -0.2) is 18.8 Å². The van der Waals surface area contributed by atoms with E-state index in [1.54, 1.807) is 11.1 Å². The number of nitrogens with one attached hydrogen (secondary N) is 1. The lowest BCUT2D eigenvalue weighted by Crippen LogP contribution is -2.67. The van der Waals surface area contributed by atoms with Crippen molar-refractivity contribution in [2.24, 2.45) is 5.41 Å². The van der Waals surface area contributed by atoms with E-state index in [0.717, 1.165) is 6.61 Å². The van der Waals surface area contributed by atoms with Gasteiger partial charge in [0, 0.05) is 24.1 Å². The highest BCUT2D eigenvalue weighted by atomic mass is 16.5. The number of hydrogen-bond acceptors (Lipinski definition) is 2. The molecule has 20 heavy (non-hydrogen) atoms. The summed E-state index contributed by atoms with van der Waals surface area (Å²) >= 11 is 0. The van der Waals surface area contributed by atoms with Crippen LogP contribution in [0, 0.1) is 5.41 Å². The first kappa shape index (κ1) is 12.8. The minimum atomic E-state index is 0.480. The molecule has 0 radical (unpaired) electrons. The molecule has 2 heteroatoms. The minimum absolute atomic E-state index is 0.480. The van der Waals surface area contributed by atoms with E-state index < -0.39 is 0 Å². The van der Waals surface area contributed by atoms with Crippen molar-refractivity contribution in [3.8, 4) is 0 Å². The summed E-state index contributed by atoms with van der Waals surface area (Å²) < 4.78 is 5.96. The Bertz CT molecular complexity index is 494. The summed E-state index contributed by atoms with van der Waals surface area (Å²) in [6.45, 7) is 2.99. The molecule has 1 spiro atoms. The molecular weight excluding hydrogens is 246 g/mol. The first-order valence-electron chi connectivity index (χ1n) is 8.29. The van der Waals surface area contributed by atoms with Crippen molar-refractivity contribution in [2.45, 2.75) is 63.6 Å². The van der Waals surface area contributed by atoms with Crippen molar-refractivity contribution >= 4 is 0 Å². The average molecular weight is 271 g/mol. The van der Waals surface area contributed by atoms with Crippen LogP contribution >= 0.6 is 0 Å². The van der Waals surface area contributed by atoms with E-state index in [1.165, 1.54) is 38.5 Å². The second-order valence-electron chi connectivity index (χ2n) is 6.78. The molecule has 3 unspecified atom stereocenters. The van der Waals surface area contributed by atoms with Gasteiger partial charge in [-0.3, -0.25) is 0 Å². The molecule has 0 aromatic heterocycles. The zero-order chi connectivity index (χ0) is 13.6. The Morgan fingerprint density at radius 1 is 1.30 bits per heavy atom. The Labute approximate surface area is 121 Å². The zero-order valence-electron chi connectivity index (χ0n) is 12.4. The molecule has 1 aromatic carbocycles. The molecule has 0 heterocycles. The number of fused-ring (bicyclic) bond motifs is 1. The maximum Gasteiger partial charge on any atom is 0.0661 e. The molecule has 1 aromatic rings. The van der Waals surface area contributed by atoms with E-state index in [9.17, 15) is 0 Å². The topological polar surface area (TPSA) is 21.3 Å². The Hall–Kier alpha value is -0.860. The van der Waals surface area contributed by atoms with Crippen LogP contribution in [0.15, 0.2) is 24.3 Å². The Balaban J connectivity index is 1.46. The standard InChI is InChI=1S/C18H25NO/c1-2-20-17-12-16(18(17)10-5-11-18)19-15-9-8-13-6-3-4-7-14(13)15/h3-4,6-7,15-17,19H,2,5,8-12H2,1H3. The van der Waals surface area contributed by atoms with Gasteiger partial charge < -0.3 is 10.1 Å². The summed E-state index contributed by atoms with van der Waals surface area (Å²) in [6.07, 6.45) is 8.37. The lowest BCUT2D eigenvalue weighted by atomic mass is 9.51. The molecule has 4 rings (SSSR count). The second-order valence-corrected chi connectivity index (χ2v) is 6.78. The summed E-state index contributed by atoms with van der Waals surface area (Å²) in [7, 11) is 0. The van der Waals surface area contributed by atoms with Gasteiger partial charge in [0.1, 0.15) is 0 Å². The summed E-state index contributed by atoms with van der Waals surface area (Å²) in [6, 6.07) is 10.2. The van der Waals surface area contributed by atoms with Gasteiger partial charge in [-0.25, -0.2) is 0 Å². The Kier molecular flexibility index (Phi) is 3.12. The zero-order valence-corrected chi connectivity index (χ0v) is 12.4. The third-order valence-electron chi connectivity index (χ3n) is 5.97. The van der Waals surface area contributed by atoms with Crippen molar-refractivity contribution in [3.63, 3.8) is 0 Å². The normalized spacial score (nSPS) is 33.5. The summed E-state index contributed by atoms with van der Waals surface area (Å²) in [5, 5.41) is 3.97. The van der Waals surface area contributed by atoms with Crippen molar-refractivity contribution in [2.75, 3.05) is 6.61 Å². The highest BCUT2D eigenvalue weighted by molar-refractivity contribution is 5.34. The summed E-state index contributed by atoms with van der Waals surface area (Å²) in [4.78, 5) is 0. The molecule has 0 bridgehead atoms. The molecular formula is C18H25NO. The second kappa shape index (κ2) is 4.85. The number of aryl methyl sites for hydroxylation is 1. The van der Waals surface area contributed by atoms with Crippen molar-refractivity contribution < 1.29 is 4.74 Å². The molecule has 0 aliphatic heterocycles. The smallest absolute Gasteiger partial charge is 0.0661 e. The number of ether oxygens (including phenoxy) is 1. The van der Waals surface area contributed by atoms with E-state index in [2.05, 4.69) is 36.5 Å². The Morgan fingerprint density at radius 2 is 2.15 bits per heavy atom. The van der Waals surface area contributed by atoms with Gasteiger partial charge >= 0.3 is 0 Å². The van der Waals surface area contributed by atoms with Gasteiger partial charge in [0.15, 0.2) is 0 Å². The van der Waals surface area contributed by atoms with Crippen LogP contribution in [0.25, 0.3) is 0 Å². The van der Waals surface area contributed by atoms with Crippen LogP contribution < -0.4 is 5.32 Å². The van der Waals surface area contributed by atoms with Gasteiger partial charge in [-0.15, -0.1) is 0 Å². The third kappa shape index (κ3) is 1.78. The van der Waals surface area contributed by atoms with Crippen LogP contribution in [0.4, 0.5) is 0 Å². The quantitative estimate of drug-likeness (QED) is 0.903. The largest absolute Gasteiger partial charge is 0.378 e. The molecule has 3 aliphatic rings. The van der Waals surface area contributed by atoms with Crippen LogP contribution in [0.2, 0.25) is 0 Å². The summed E-state index contributed by atoms with van der Waals surface area (Å²) in [5.74, 6) is 0. The van der Waals surface area contributed by atoms with Gasteiger partial charge in [-0.2, -0.15) is 0 Å². The van der Waals surface area contributed by atoms with Crippen molar-refractivity contribution in [1.82, 2.24) is 5.32 Å². The van der Waals surface area contributed by atoms with E-state index in [4.69, 9.17) is 4.74 Å². The fraction of sp³-hybridized carbons (Fsp3) is 0.667. The first-order valence-corrected chi connectivity index (χ1v) is 8.29. The van der Waals surface area contributed by atoms with Crippen LogP contribution in [0.1, 0.15) is 56.2 Å². The average Bonchev–Trinajstić information content (AvgIpc) is 2.79. The van der Waals surface area contributed by atoms with Crippen molar-refractivity contribution in [3.05, 3.63) is 35.4 Å². The summed E-state index contributed by atoms with van der Waals surface area (Å²) in [5.41, 5.74) is 3.57. The lowest BCUT2D eigenvalue weighted by molar-refractivity contribution is -0.174. The van der Waals surface area contributed by atoms with E-state index in [0.29, 0.717) is 23.6 Å². The predicted octanol–water partition coefficient (Wildman–Crippen LogP) is 3.61. The molecule has 2 fully saturated rings. The fourth-order valence-electron chi connectivity index (χ4n) is 4.65. The highest BCUT2D eigenvalue weighted by Gasteiger charge is 2.59. The van der Waals surface area contributed by atoms with Gasteiger partial charge in [-0.1, -0.05) is 30.7 Å². The number of benzene rings is 1. The van der Waals surface area contributed by atoms with Gasteiger partial charge in [0.25, 0.3) is 0 Å². The van der Waals surface area contributed by atoms with Crippen molar-refractivity contribution in [1.29, 1.82) is 0 Å². The van der Waals surface area contributed by atoms with Gasteiger partial charge in [0.05, 0.1) is 6.10 Å². The highest BCUT2D eigenvalue weighted by Crippen LogP contribution is 2.58. The lowest BCUT2D eigenvalue weighted by Gasteiger charge is -2.61. The van der Waals surface area contributed by atoms with Gasteiger partial charge in [-0.05, 0) is 50.2 Å². The minimum Gasteiger partial charge on any atom is -0.378 e. The number of rotatable bonds is 4. The third-order valence-corrected chi connectivity index (χ3v) is 5.97. The van der Waals surface area contributed by atoms with Crippen LogP contribution in [0.3, 0.4) is 0 Å². The van der Waals surface area contributed by atoms with Crippen LogP contribution in [0.5, 0.6) is 0 Å². The monoisotopic (exact) mass is 271 g/mol. The maximum absolute atomic E-state index is 5.96. The Morgan fingerprint density at radius 3 is 2.90 bits per heavy atom. The van der Waals surface area contributed by atoms with E-state index >= 15 is 0 Å². The maximum atomic E-state index is 5.96. The molecule has 2 nitrogen and oxygen atoms in total. The fourth-order valence-corrected chi connectivity index (χ4v) is 4.65. The molecule has 3 aliphatic carbocycles. The van der Waals surface area contributed by atoms with Crippen LogP contribution in [-0.2, 0) is 11.2 Å². The SMILES string of the molecule is CCOC1CC(NC2CCc3ccccc32)C12CCC2. The molecule has 1 N–H and O–H groups in total. The molecule has 108 valence electrons. The molecule has 3 atom stereocenters. The number of hydrogen-bond donors (Lipinski definition) is 1. The molecule has 2 saturated carbocycles. The molecule has 0 saturated heterocycles.